The number of rotatable bonds is 2. The third-order valence-corrected chi connectivity index (χ3v) is 5.92. The van der Waals surface area contributed by atoms with Gasteiger partial charge in [0.05, 0.1) is 11.2 Å². The van der Waals surface area contributed by atoms with Crippen molar-refractivity contribution < 1.29 is 0 Å². The van der Waals surface area contributed by atoms with E-state index in [4.69, 9.17) is 10.7 Å². The molecule has 17 heavy (non-hydrogen) atoms. The molecule has 0 bridgehead atoms. The zero-order valence-corrected chi connectivity index (χ0v) is 11.5. The molecular formula is C14H22N2S. The molecule has 0 radical (unpaired) electrons. The van der Waals surface area contributed by atoms with Crippen molar-refractivity contribution in [2.24, 2.45) is 11.7 Å². The molecule has 0 aromatic carbocycles. The first-order chi connectivity index (χ1) is 8.18. The predicted octanol–water partition coefficient (Wildman–Crippen LogP) is 3.39. The van der Waals surface area contributed by atoms with Crippen LogP contribution in [0.5, 0.6) is 0 Å². The maximum atomic E-state index is 6.60. The monoisotopic (exact) mass is 250 g/mol. The van der Waals surface area contributed by atoms with Crippen molar-refractivity contribution in [2.75, 3.05) is 0 Å². The predicted molar refractivity (Wildman–Crippen MR) is 72.3 cm³/mol. The van der Waals surface area contributed by atoms with Gasteiger partial charge in [-0.3, -0.25) is 0 Å². The fourth-order valence-corrected chi connectivity index (χ4v) is 4.57. The van der Waals surface area contributed by atoms with Gasteiger partial charge in [-0.25, -0.2) is 4.98 Å². The summed E-state index contributed by atoms with van der Waals surface area (Å²) in [6.07, 6.45) is 10.3. The highest BCUT2D eigenvalue weighted by atomic mass is 32.1. The van der Waals surface area contributed by atoms with Crippen molar-refractivity contribution in [1.82, 2.24) is 4.98 Å². The molecule has 1 saturated carbocycles. The minimum absolute atomic E-state index is 0.182. The van der Waals surface area contributed by atoms with E-state index in [0.717, 1.165) is 0 Å². The van der Waals surface area contributed by atoms with Crippen molar-refractivity contribution in [2.45, 2.75) is 63.8 Å². The quantitative estimate of drug-likeness (QED) is 0.874. The largest absolute Gasteiger partial charge is 0.319 e. The van der Waals surface area contributed by atoms with Gasteiger partial charge in [0.25, 0.3) is 0 Å². The molecule has 0 spiro atoms. The summed E-state index contributed by atoms with van der Waals surface area (Å²) in [5.74, 6) is 0.648. The number of fused-ring (bicyclic) bond motifs is 1. The number of aryl methyl sites for hydroxylation is 2. The Hall–Kier alpha value is -0.410. The van der Waals surface area contributed by atoms with Crippen LogP contribution in [0.25, 0.3) is 0 Å². The maximum Gasteiger partial charge on any atom is 0.113 e. The van der Waals surface area contributed by atoms with Gasteiger partial charge in [-0.1, -0.05) is 12.8 Å². The molecule has 0 saturated heterocycles. The SMILES string of the molecule is CC(N)(c1nc2c(s1)CCCC2)C1CCCC1. The summed E-state index contributed by atoms with van der Waals surface area (Å²) >= 11 is 1.89. The minimum Gasteiger partial charge on any atom is -0.319 e. The van der Waals surface area contributed by atoms with Crippen molar-refractivity contribution in [3.8, 4) is 0 Å². The summed E-state index contributed by atoms with van der Waals surface area (Å²) in [5.41, 5.74) is 7.77. The van der Waals surface area contributed by atoms with E-state index in [2.05, 4.69) is 6.92 Å². The van der Waals surface area contributed by atoms with Gasteiger partial charge < -0.3 is 5.73 Å². The highest BCUT2D eigenvalue weighted by Gasteiger charge is 2.37. The molecule has 1 unspecified atom stereocenters. The van der Waals surface area contributed by atoms with Crippen LogP contribution in [-0.4, -0.2) is 4.98 Å². The van der Waals surface area contributed by atoms with Crippen LogP contribution in [0.1, 0.15) is 61.0 Å². The fourth-order valence-electron chi connectivity index (χ4n) is 3.28. The number of aromatic nitrogens is 1. The Morgan fingerprint density at radius 2 is 1.88 bits per heavy atom. The van der Waals surface area contributed by atoms with Gasteiger partial charge in [-0.2, -0.15) is 0 Å². The molecular weight excluding hydrogens is 228 g/mol. The molecule has 1 atom stereocenters. The summed E-state index contributed by atoms with van der Waals surface area (Å²) in [5, 5.41) is 1.20. The first-order valence-electron chi connectivity index (χ1n) is 6.96. The smallest absolute Gasteiger partial charge is 0.113 e. The Morgan fingerprint density at radius 1 is 1.18 bits per heavy atom. The number of hydrogen-bond acceptors (Lipinski definition) is 3. The Kier molecular flexibility index (Phi) is 2.99. The highest BCUT2D eigenvalue weighted by Crippen LogP contribution is 2.41. The summed E-state index contributed by atoms with van der Waals surface area (Å²) in [4.78, 5) is 6.38. The normalized spacial score (nSPS) is 24.6. The molecule has 2 aliphatic carbocycles. The molecule has 2 N–H and O–H groups in total. The number of nitrogens with zero attached hydrogens (tertiary/aromatic N) is 1. The topological polar surface area (TPSA) is 38.9 Å². The lowest BCUT2D eigenvalue weighted by atomic mass is 9.86. The van der Waals surface area contributed by atoms with E-state index < -0.39 is 0 Å². The average Bonchev–Trinajstić information content (AvgIpc) is 2.98. The fraction of sp³-hybridized carbons (Fsp3) is 0.786. The lowest BCUT2D eigenvalue weighted by Gasteiger charge is -2.29. The molecule has 1 fully saturated rings. The van der Waals surface area contributed by atoms with Gasteiger partial charge in [-0.05, 0) is 51.4 Å². The van der Waals surface area contributed by atoms with E-state index in [9.17, 15) is 0 Å². The van der Waals surface area contributed by atoms with Crippen LogP contribution in [0.2, 0.25) is 0 Å². The average molecular weight is 250 g/mol. The van der Waals surface area contributed by atoms with Gasteiger partial charge in [0.1, 0.15) is 5.01 Å². The van der Waals surface area contributed by atoms with E-state index in [1.165, 1.54) is 66.9 Å². The second-order valence-electron chi connectivity index (χ2n) is 5.86. The molecule has 0 aliphatic heterocycles. The third kappa shape index (κ3) is 2.04. The summed E-state index contributed by atoms with van der Waals surface area (Å²) in [7, 11) is 0. The second kappa shape index (κ2) is 4.36. The van der Waals surface area contributed by atoms with Gasteiger partial charge in [0.15, 0.2) is 0 Å². The molecule has 3 heteroatoms. The number of hydrogen-bond donors (Lipinski definition) is 1. The molecule has 2 aliphatic rings. The summed E-state index contributed by atoms with van der Waals surface area (Å²) in [6.45, 7) is 2.20. The lowest BCUT2D eigenvalue weighted by Crippen LogP contribution is -2.40. The van der Waals surface area contributed by atoms with E-state index in [1.807, 2.05) is 11.3 Å². The van der Waals surface area contributed by atoms with Crippen molar-refractivity contribution in [3.05, 3.63) is 15.6 Å². The highest BCUT2D eigenvalue weighted by molar-refractivity contribution is 7.11. The van der Waals surface area contributed by atoms with Crippen LogP contribution in [0.3, 0.4) is 0 Å². The van der Waals surface area contributed by atoms with Crippen LogP contribution in [0.4, 0.5) is 0 Å². The van der Waals surface area contributed by atoms with Crippen LogP contribution in [0.15, 0.2) is 0 Å². The van der Waals surface area contributed by atoms with Crippen LogP contribution < -0.4 is 5.73 Å². The van der Waals surface area contributed by atoms with Gasteiger partial charge in [-0.15, -0.1) is 11.3 Å². The third-order valence-electron chi connectivity index (χ3n) is 4.51. The molecule has 1 heterocycles. The van der Waals surface area contributed by atoms with Gasteiger partial charge >= 0.3 is 0 Å². The van der Waals surface area contributed by atoms with E-state index in [0.29, 0.717) is 5.92 Å². The van der Waals surface area contributed by atoms with Crippen molar-refractivity contribution >= 4 is 11.3 Å². The Labute approximate surface area is 108 Å². The van der Waals surface area contributed by atoms with Gasteiger partial charge in [0.2, 0.25) is 0 Å². The standard InChI is InChI=1S/C14H22N2S/c1-14(15,10-6-2-3-7-10)13-16-11-8-4-5-9-12(11)17-13/h10H,2-9,15H2,1H3. The number of thiazole rings is 1. The molecule has 1 aromatic heterocycles. The summed E-state index contributed by atoms with van der Waals surface area (Å²) < 4.78 is 0. The number of nitrogens with two attached hydrogens (primary N) is 1. The molecule has 94 valence electrons. The minimum atomic E-state index is -0.182. The Bertz CT molecular complexity index is 379. The van der Waals surface area contributed by atoms with Crippen LogP contribution in [0, 0.1) is 5.92 Å². The van der Waals surface area contributed by atoms with Crippen molar-refractivity contribution in [3.63, 3.8) is 0 Å². The first kappa shape index (κ1) is 11.7. The van der Waals surface area contributed by atoms with Crippen LogP contribution >= 0.6 is 11.3 Å². The lowest BCUT2D eigenvalue weighted by molar-refractivity contribution is 0.305. The van der Waals surface area contributed by atoms with E-state index in [-0.39, 0.29) is 5.54 Å². The zero-order chi connectivity index (χ0) is 11.9. The molecule has 2 nitrogen and oxygen atoms in total. The van der Waals surface area contributed by atoms with Crippen LogP contribution in [-0.2, 0) is 18.4 Å². The first-order valence-corrected chi connectivity index (χ1v) is 7.77. The van der Waals surface area contributed by atoms with Crippen molar-refractivity contribution in [1.29, 1.82) is 0 Å². The maximum absolute atomic E-state index is 6.60. The molecule has 3 rings (SSSR count). The van der Waals surface area contributed by atoms with E-state index >= 15 is 0 Å². The Morgan fingerprint density at radius 3 is 2.59 bits per heavy atom. The molecule has 0 amide bonds. The molecule has 1 aromatic rings. The van der Waals surface area contributed by atoms with E-state index in [1.54, 1.807) is 0 Å². The Balaban J connectivity index is 1.89. The zero-order valence-electron chi connectivity index (χ0n) is 10.7. The second-order valence-corrected chi connectivity index (χ2v) is 6.94. The van der Waals surface area contributed by atoms with Gasteiger partial charge in [0, 0.05) is 4.88 Å². The summed E-state index contributed by atoms with van der Waals surface area (Å²) in [6, 6.07) is 0.